The van der Waals surface area contributed by atoms with Gasteiger partial charge in [-0.25, -0.2) is 0 Å². The molecule has 0 unspecified atom stereocenters. The molecule has 0 aromatic heterocycles. The summed E-state index contributed by atoms with van der Waals surface area (Å²) in [4.78, 5) is 0. The molecule has 2 N–H and O–H groups in total. The molecule has 122 valence electrons. The third kappa shape index (κ3) is 2.49. The van der Waals surface area contributed by atoms with Crippen LogP contribution in [0.5, 0.6) is 0 Å². The smallest absolute Gasteiger partial charge is 0.0888 e. The van der Waals surface area contributed by atoms with E-state index >= 15 is 0 Å². The molecule has 4 atom stereocenters. The predicted octanol–water partition coefficient (Wildman–Crippen LogP) is 2.98. The topological polar surface area (TPSA) is 41.5 Å². The number of nitrogens with one attached hydrogen (secondary N) is 1. The molecule has 2 fully saturated rings. The lowest BCUT2D eigenvalue weighted by Gasteiger charge is -2.53. The summed E-state index contributed by atoms with van der Waals surface area (Å²) in [6.45, 7) is 5.64. The number of rotatable bonds is 5. The van der Waals surface area contributed by atoms with Crippen molar-refractivity contribution in [3.05, 3.63) is 35.9 Å². The Morgan fingerprint density at radius 1 is 1.27 bits per heavy atom. The van der Waals surface area contributed by atoms with Crippen molar-refractivity contribution in [3.63, 3.8) is 0 Å². The van der Waals surface area contributed by atoms with Gasteiger partial charge in [0.15, 0.2) is 0 Å². The Labute approximate surface area is 134 Å². The first-order valence-electron chi connectivity index (χ1n) is 8.47. The molecule has 3 heteroatoms. The van der Waals surface area contributed by atoms with Crippen molar-refractivity contribution >= 4 is 0 Å². The van der Waals surface area contributed by atoms with E-state index in [1.54, 1.807) is 0 Å². The van der Waals surface area contributed by atoms with Gasteiger partial charge >= 0.3 is 0 Å². The minimum atomic E-state index is -0.226. The molecule has 2 aliphatic carbocycles. The highest BCUT2D eigenvalue weighted by molar-refractivity contribution is 5.18. The minimum Gasteiger partial charge on any atom is -0.396 e. The van der Waals surface area contributed by atoms with E-state index in [1.165, 1.54) is 12.0 Å². The van der Waals surface area contributed by atoms with Crippen LogP contribution in [0.1, 0.15) is 38.7 Å². The van der Waals surface area contributed by atoms with E-state index in [4.69, 9.17) is 4.74 Å². The zero-order chi connectivity index (χ0) is 15.8. The second-order valence-electron chi connectivity index (χ2n) is 7.73. The summed E-state index contributed by atoms with van der Waals surface area (Å²) in [5.41, 5.74) is 1.21. The molecular formula is C19H29NO2. The molecule has 3 nitrogen and oxygen atoms in total. The molecule has 2 aliphatic rings. The van der Waals surface area contributed by atoms with Gasteiger partial charge in [0, 0.05) is 32.2 Å². The molecule has 1 aromatic rings. The van der Waals surface area contributed by atoms with E-state index in [2.05, 4.69) is 49.5 Å². The van der Waals surface area contributed by atoms with Crippen LogP contribution in [0.3, 0.4) is 0 Å². The molecule has 0 spiro atoms. The molecule has 22 heavy (non-hydrogen) atoms. The molecule has 0 heterocycles. The van der Waals surface area contributed by atoms with Gasteiger partial charge in [0.1, 0.15) is 0 Å². The molecule has 0 radical (unpaired) electrons. The summed E-state index contributed by atoms with van der Waals surface area (Å²) in [6.07, 6.45) is 3.41. The van der Waals surface area contributed by atoms with Gasteiger partial charge in [-0.3, -0.25) is 0 Å². The number of hydrogen-bond acceptors (Lipinski definition) is 3. The Kier molecular flexibility index (Phi) is 4.32. The number of benzene rings is 1. The molecule has 0 aliphatic heterocycles. The molecule has 2 saturated carbocycles. The fourth-order valence-electron chi connectivity index (χ4n) is 5.16. The summed E-state index contributed by atoms with van der Waals surface area (Å²) in [7, 11) is 1.82. The number of fused-ring (bicyclic) bond motifs is 2. The summed E-state index contributed by atoms with van der Waals surface area (Å²) in [5.74, 6) is 0.832. The van der Waals surface area contributed by atoms with Gasteiger partial charge in [-0.05, 0) is 36.2 Å². The Balaban J connectivity index is 1.82. The average molecular weight is 303 g/mol. The zero-order valence-corrected chi connectivity index (χ0v) is 14.0. The highest BCUT2D eigenvalue weighted by atomic mass is 16.5. The quantitative estimate of drug-likeness (QED) is 0.878. The van der Waals surface area contributed by atoms with Gasteiger partial charge in [-0.15, -0.1) is 0 Å². The first kappa shape index (κ1) is 16.0. The van der Waals surface area contributed by atoms with E-state index in [-0.39, 0.29) is 23.5 Å². The van der Waals surface area contributed by atoms with E-state index < -0.39 is 0 Å². The summed E-state index contributed by atoms with van der Waals surface area (Å²) >= 11 is 0. The van der Waals surface area contributed by atoms with E-state index in [1.807, 2.05) is 7.11 Å². The number of hydrogen-bond donors (Lipinski definition) is 2. The maximum atomic E-state index is 10.0. The summed E-state index contributed by atoms with van der Waals surface area (Å²) in [6, 6.07) is 10.9. The van der Waals surface area contributed by atoms with Crippen LogP contribution in [0.25, 0.3) is 0 Å². The number of aliphatic hydroxyl groups excluding tert-OH is 1. The maximum Gasteiger partial charge on any atom is 0.0888 e. The van der Waals surface area contributed by atoms with Crippen LogP contribution in [0, 0.1) is 17.3 Å². The maximum absolute atomic E-state index is 10.0. The van der Waals surface area contributed by atoms with Crippen molar-refractivity contribution in [2.24, 2.45) is 17.3 Å². The van der Waals surface area contributed by atoms with Gasteiger partial charge in [-0.1, -0.05) is 44.2 Å². The fourth-order valence-corrected chi connectivity index (χ4v) is 5.16. The Morgan fingerprint density at radius 2 is 2.00 bits per heavy atom. The Hall–Kier alpha value is -0.900. The molecule has 0 amide bonds. The van der Waals surface area contributed by atoms with Crippen LogP contribution in [0.15, 0.2) is 30.3 Å². The van der Waals surface area contributed by atoms with Crippen molar-refractivity contribution in [1.29, 1.82) is 0 Å². The van der Waals surface area contributed by atoms with Crippen LogP contribution in [0.2, 0.25) is 0 Å². The van der Waals surface area contributed by atoms with Crippen LogP contribution in [-0.2, 0) is 11.3 Å². The highest BCUT2D eigenvalue weighted by Gasteiger charge is 2.61. The normalized spacial score (nSPS) is 36.5. The summed E-state index contributed by atoms with van der Waals surface area (Å²) in [5, 5.41) is 13.8. The van der Waals surface area contributed by atoms with E-state index in [0.717, 1.165) is 19.4 Å². The number of aliphatic hydroxyl groups is 1. The first-order chi connectivity index (χ1) is 10.5. The lowest BCUT2D eigenvalue weighted by atomic mass is 9.59. The first-order valence-corrected chi connectivity index (χ1v) is 8.47. The molecule has 2 bridgehead atoms. The predicted molar refractivity (Wildman–Crippen MR) is 88.5 cm³/mol. The van der Waals surface area contributed by atoms with E-state index in [9.17, 15) is 5.11 Å². The summed E-state index contributed by atoms with van der Waals surface area (Å²) < 4.78 is 6.09. The van der Waals surface area contributed by atoms with Gasteiger partial charge in [0.2, 0.25) is 0 Å². The highest BCUT2D eigenvalue weighted by Crippen LogP contribution is 2.57. The monoisotopic (exact) mass is 303 g/mol. The molecule has 0 saturated heterocycles. The number of methoxy groups -OCH3 is 1. The third-order valence-electron chi connectivity index (χ3n) is 6.16. The standard InChI is InChI=1S/C19H29NO2/c1-18(2)11-15-9-10-19(22-3,16(18)13-21)17(15)20-12-14-7-5-4-6-8-14/h4-8,15-17,20-21H,9-13H2,1-3H3/t15-,16-,17-,19+/m0/s1. The minimum absolute atomic E-state index is 0.136. The van der Waals surface area contributed by atoms with Gasteiger partial charge in [0.25, 0.3) is 0 Å². The van der Waals surface area contributed by atoms with E-state index in [0.29, 0.717) is 12.0 Å². The second-order valence-corrected chi connectivity index (χ2v) is 7.73. The molecular weight excluding hydrogens is 274 g/mol. The second kappa shape index (κ2) is 5.95. The van der Waals surface area contributed by atoms with Gasteiger partial charge < -0.3 is 15.2 Å². The van der Waals surface area contributed by atoms with Crippen molar-refractivity contribution in [3.8, 4) is 0 Å². The van der Waals surface area contributed by atoms with Crippen LogP contribution in [0.4, 0.5) is 0 Å². The van der Waals surface area contributed by atoms with Crippen molar-refractivity contribution in [1.82, 2.24) is 5.32 Å². The van der Waals surface area contributed by atoms with Crippen LogP contribution >= 0.6 is 0 Å². The SMILES string of the molecule is CO[C@]12CC[C@@H](CC(C)(C)[C@@H]1CO)[C@@H]2NCc1ccccc1. The van der Waals surface area contributed by atoms with Crippen molar-refractivity contribution in [2.45, 2.75) is 51.3 Å². The Morgan fingerprint density at radius 3 is 2.64 bits per heavy atom. The Bertz CT molecular complexity index is 501. The average Bonchev–Trinajstić information content (AvgIpc) is 2.78. The number of ether oxygens (including phenoxy) is 1. The van der Waals surface area contributed by atoms with Crippen molar-refractivity contribution < 1.29 is 9.84 Å². The zero-order valence-electron chi connectivity index (χ0n) is 14.0. The lowest BCUT2D eigenvalue weighted by molar-refractivity contribution is -0.151. The largest absolute Gasteiger partial charge is 0.396 e. The van der Waals surface area contributed by atoms with Gasteiger partial charge in [0.05, 0.1) is 5.60 Å². The molecule has 3 rings (SSSR count). The fraction of sp³-hybridized carbons (Fsp3) is 0.684. The van der Waals surface area contributed by atoms with Crippen LogP contribution < -0.4 is 5.32 Å². The van der Waals surface area contributed by atoms with Crippen LogP contribution in [-0.4, -0.2) is 30.5 Å². The van der Waals surface area contributed by atoms with Gasteiger partial charge in [-0.2, -0.15) is 0 Å². The van der Waals surface area contributed by atoms with Crippen molar-refractivity contribution in [2.75, 3.05) is 13.7 Å². The lowest BCUT2D eigenvalue weighted by Crippen LogP contribution is -2.63. The molecule has 1 aromatic carbocycles. The third-order valence-corrected chi connectivity index (χ3v) is 6.16.